The number of carbonyl (C=O) groups is 1. The van der Waals surface area contributed by atoms with Crippen molar-refractivity contribution < 1.29 is 9.53 Å². The van der Waals surface area contributed by atoms with E-state index in [-0.39, 0.29) is 11.8 Å². The molecule has 0 radical (unpaired) electrons. The second kappa shape index (κ2) is 7.59. The van der Waals surface area contributed by atoms with E-state index in [4.69, 9.17) is 4.74 Å². The van der Waals surface area contributed by atoms with Crippen molar-refractivity contribution in [3.05, 3.63) is 54.2 Å². The summed E-state index contributed by atoms with van der Waals surface area (Å²) in [4.78, 5) is 16.4. The first-order valence-electron chi connectivity index (χ1n) is 7.45. The molecule has 0 aliphatic rings. The average Bonchev–Trinajstić information content (AvgIpc) is 2.54. The number of pyridine rings is 1. The van der Waals surface area contributed by atoms with Crippen molar-refractivity contribution in [2.24, 2.45) is 5.92 Å². The van der Waals surface area contributed by atoms with E-state index in [9.17, 15) is 4.79 Å². The molecular weight excluding hydrogens is 276 g/mol. The van der Waals surface area contributed by atoms with Gasteiger partial charge in [-0.05, 0) is 23.5 Å². The molecule has 0 fully saturated rings. The summed E-state index contributed by atoms with van der Waals surface area (Å²) in [6.45, 7) is 4.28. The molecule has 4 nitrogen and oxygen atoms in total. The van der Waals surface area contributed by atoms with E-state index < -0.39 is 0 Å². The maximum absolute atomic E-state index is 12.3. The van der Waals surface area contributed by atoms with Crippen LogP contribution < -0.4 is 10.1 Å². The van der Waals surface area contributed by atoms with Crippen molar-refractivity contribution in [3.63, 3.8) is 0 Å². The first kappa shape index (κ1) is 16.0. The summed E-state index contributed by atoms with van der Waals surface area (Å²) in [5.41, 5.74) is 1.88. The third-order valence-corrected chi connectivity index (χ3v) is 3.67. The fourth-order valence-corrected chi connectivity index (χ4v) is 2.43. The predicted octanol–water partition coefficient (Wildman–Crippen LogP) is 3.86. The number of anilines is 1. The molecule has 2 aromatic rings. The van der Waals surface area contributed by atoms with Gasteiger partial charge in [0, 0.05) is 12.5 Å². The summed E-state index contributed by atoms with van der Waals surface area (Å²) in [6.07, 6.45) is 2.05. The highest BCUT2D eigenvalue weighted by Crippen LogP contribution is 2.28. The van der Waals surface area contributed by atoms with E-state index in [0.29, 0.717) is 23.9 Å². The van der Waals surface area contributed by atoms with Crippen LogP contribution in [0.15, 0.2) is 48.7 Å². The fraction of sp³-hybridized carbons (Fsp3) is 0.333. The van der Waals surface area contributed by atoms with Gasteiger partial charge in [-0.3, -0.25) is 4.79 Å². The zero-order chi connectivity index (χ0) is 15.9. The highest BCUT2D eigenvalue weighted by molar-refractivity contribution is 5.91. The highest BCUT2D eigenvalue weighted by atomic mass is 16.5. The van der Waals surface area contributed by atoms with Gasteiger partial charge in [0.05, 0.1) is 19.0 Å². The summed E-state index contributed by atoms with van der Waals surface area (Å²) in [6, 6.07) is 13.7. The van der Waals surface area contributed by atoms with Gasteiger partial charge in [-0.2, -0.15) is 0 Å². The van der Waals surface area contributed by atoms with E-state index in [1.807, 2.05) is 18.2 Å². The molecular formula is C18H22N2O2. The third-order valence-electron chi connectivity index (χ3n) is 3.67. The van der Waals surface area contributed by atoms with Crippen molar-refractivity contribution in [2.45, 2.75) is 26.2 Å². The van der Waals surface area contributed by atoms with Crippen LogP contribution in [0.2, 0.25) is 0 Å². The maximum Gasteiger partial charge on any atom is 0.225 e. The number of hydrogen-bond acceptors (Lipinski definition) is 3. The lowest BCUT2D eigenvalue weighted by atomic mass is 9.85. The van der Waals surface area contributed by atoms with Crippen LogP contribution in [0.3, 0.4) is 0 Å². The Morgan fingerprint density at radius 1 is 1.18 bits per heavy atom. The number of methoxy groups -OCH3 is 1. The molecule has 22 heavy (non-hydrogen) atoms. The van der Waals surface area contributed by atoms with Crippen LogP contribution in [0.5, 0.6) is 5.88 Å². The van der Waals surface area contributed by atoms with Crippen LogP contribution in [-0.2, 0) is 4.79 Å². The first-order valence-corrected chi connectivity index (χ1v) is 7.45. The first-order chi connectivity index (χ1) is 10.6. The molecule has 4 heteroatoms. The number of nitrogens with one attached hydrogen (secondary N) is 1. The number of rotatable bonds is 6. The standard InChI is InChI=1S/C18H22N2O2/c1-13(2)16(14-7-5-4-6-8-14)11-17(21)20-15-9-10-18(22-3)19-12-15/h4-10,12-13,16H,11H2,1-3H3,(H,20,21). The van der Waals surface area contributed by atoms with Crippen LogP contribution in [0.25, 0.3) is 0 Å². The average molecular weight is 298 g/mol. The molecule has 1 unspecified atom stereocenters. The van der Waals surface area contributed by atoms with Gasteiger partial charge < -0.3 is 10.1 Å². The third kappa shape index (κ3) is 4.32. The lowest BCUT2D eigenvalue weighted by Crippen LogP contribution is -2.18. The predicted molar refractivity (Wildman–Crippen MR) is 88.1 cm³/mol. The van der Waals surface area contributed by atoms with E-state index in [1.165, 1.54) is 5.56 Å². The van der Waals surface area contributed by atoms with E-state index in [0.717, 1.165) is 0 Å². The van der Waals surface area contributed by atoms with Crippen molar-refractivity contribution in [1.82, 2.24) is 4.98 Å². The van der Waals surface area contributed by atoms with Crippen molar-refractivity contribution in [2.75, 3.05) is 12.4 Å². The van der Waals surface area contributed by atoms with Crippen molar-refractivity contribution in [3.8, 4) is 5.88 Å². The number of benzene rings is 1. The topological polar surface area (TPSA) is 51.2 Å². The Morgan fingerprint density at radius 2 is 1.91 bits per heavy atom. The molecule has 1 atom stereocenters. The summed E-state index contributed by atoms with van der Waals surface area (Å²) < 4.78 is 5.00. The smallest absolute Gasteiger partial charge is 0.225 e. The second-order valence-corrected chi connectivity index (χ2v) is 5.60. The number of aromatic nitrogens is 1. The van der Waals surface area contributed by atoms with Crippen molar-refractivity contribution >= 4 is 11.6 Å². The molecule has 0 saturated carbocycles. The molecule has 0 saturated heterocycles. The normalized spacial score (nSPS) is 12.0. The van der Waals surface area contributed by atoms with E-state index in [1.54, 1.807) is 25.4 Å². The Morgan fingerprint density at radius 3 is 2.45 bits per heavy atom. The Balaban J connectivity index is 2.02. The van der Waals surface area contributed by atoms with Crippen LogP contribution in [-0.4, -0.2) is 18.0 Å². The minimum Gasteiger partial charge on any atom is -0.481 e. The summed E-state index contributed by atoms with van der Waals surface area (Å²) in [5, 5.41) is 2.89. The van der Waals surface area contributed by atoms with Crippen LogP contribution in [0.1, 0.15) is 31.7 Å². The Kier molecular flexibility index (Phi) is 5.53. The van der Waals surface area contributed by atoms with Crippen LogP contribution in [0.4, 0.5) is 5.69 Å². The van der Waals surface area contributed by atoms with Gasteiger partial charge in [0.1, 0.15) is 0 Å². The van der Waals surface area contributed by atoms with Crippen molar-refractivity contribution in [1.29, 1.82) is 0 Å². The second-order valence-electron chi connectivity index (χ2n) is 5.60. The van der Waals surface area contributed by atoms with Gasteiger partial charge in [0.25, 0.3) is 0 Å². The van der Waals surface area contributed by atoms with Gasteiger partial charge in [-0.15, -0.1) is 0 Å². The van der Waals surface area contributed by atoms with Gasteiger partial charge in [0.15, 0.2) is 0 Å². The molecule has 0 spiro atoms. The molecule has 1 heterocycles. The fourth-order valence-electron chi connectivity index (χ4n) is 2.43. The van der Waals surface area contributed by atoms with Gasteiger partial charge in [-0.25, -0.2) is 4.98 Å². The molecule has 1 aromatic heterocycles. The Bertz CT molecular complexity index is 594. The lowest BCUT2D eigenvalue weighted by molar-refractivity contribution is -0.116. The number of ether oxygens (including phenoxy) is 1. The number of hydrogen-bond donors (Lipinski definition) is 1. The molecule has 0 aliphatic heterocycles. The minimum atomic E-state index is -0.00507. The summed E-state index contributed by atoms with van der Waals surface area (Å²) in [5.74, 6) is 1.12. The van der Waals surface area contributed by atoms with E-state index in [2.05, 4.69) is 36.3 Å². The SMILES string of the molecule is COc1ccc(NC(=O)CC(c2ccccc2)C(C)C)cn1. The maximum atomic E-state index is 12.3. The molecule has 1 amide bonds. The van der Waals surface area contributed by atoms with Gasteiger partial charge in [0.2, 0.25) is 11.8 Å². The zero-order valence-electron chi connectivity index (χ0n) is 13.2. The molecule has 0 bridgehead atoms. The molecule has 1 aromatic carbocycles. The van der Waals surface area contributed by atoms with Crippen LogP contribution in [0, 0.1) is 5.92 Å². The zero-order valence-corrected chi connectivity index (χ0v) is 13.2. The van der Waals surface area contributed by atoms with Gasteiger partial charge >= 0.3 is 0 Å². The Labute approximate surface area is 131 Å². The quantitative estimate of drug-likeness (QED) is 0.881. The largest absolute Gasteiger partial charge is 0.481 e. The molecule has 1 N–H and O–H groups in total. The van der Waals surface area contributed by atoms with Gasteiger partial charge in [-0.1, -0.05) is 44.2 Å². The minimum absolute atomic E-state index is 0.00507. The molecule has 0 aliphatic carbocycles. The molecule has 2 rings (SSSR count). The summed E-state index contributed by atoms with van der Waals surface area (Å²) in [7, 11) is 1.56. The lowest BCUT2D eigenvalue weighted by Gasteiger charge is -2.21. The Hall–Kier alpha value is -2.36. The summed E-state index contributed by atoms with van der Waals surface area (Å²) >= 11 is 0. The number of carbonyl (C=O) groups excluding carboxylic acids is 1. The van der Waals surface area contributed by atoms with Crippen LogP contribution >= 0.6 is 0 Å². The molecule has 116 valence electrons. The monoisotopic (exact) mass is 298 g/mol. The van der Waals surface area contributed by atoms with E-state index >= 15 is 0 Å². The number of nitrogens with zero attached hydrogens (tertiary/aromatic N) is 1. The number of amides is 1. The highest BCUT2D eigenvalue weighted by Gasteiger charge is 2.19.